The lowest BCUT2D eigenvalue weighted by atomic mass is 9.97. The second-order valence-corrected chi connectivity index (χ2v) is 5.42. The van der Waals surface area contributed by atoms with Gasteiger partial charge >= 0.3 is 0 Å². The van der Waals surface area contributed by atoms with Crippen molar-refractivity contribution in [3.63, 3.8) is 0 Å². The van der Waals surface area contributed by atoms with Gasteiger partial charge in [-0.15, -0.1) is 0 Å². The zero-order chi connectivity index (χ0) is 11.7. The number of piperidine rings is 1. The van der Waals surface area contributed by atoms with Crippen molar-refractivity contribution in [1.82, 2.24) is 5.32 Å². The summed E-state index contributed by atoms with van der Waals surface area (Å²) in [5.41, 5.74) is 1.30. The molecule has 0 amide bonds. The fourth-order valence-corrected chi connectivity index (χ4v) is 3.10. The normalized spacial score (nSPS) is 22.8. The molecule has 4 heteroatoms. The molecule has 92 valence electrons. The van der Waals surface area contributed by atoms with Crippen LogP contribution in [0.1, 0.15) is 24.8 Å². The lowest BCUT2D eigenvalue weighted by Crippen LogP contribution is -2.35. The minimum Gasteiger partial charge on any atom is -0.454 e. The summed E-state index contributed by atoms with van der Waals surface area (Å²) < 4.78 is 11.9. The van der Waals surface area contributed by atoms with Gasteiger partial charge in [0, 0.05) is 6.04 Å². The molecule has 1 saturated heterocycles. The maximum Gasteiger partial charge on any atom is 0.231 e. The predicted octanol–water partition coefficient (Wildman–Crippen LogP) is 2.86. The van der Waals surface area contributed by atoms with E-state index < -0.39 is 0 Å². The Morgan fingerprint density at radius 2 is 2.24 bits per heavy atom. The molecule has 1 aromatic rings. The molecule has 1 aromatic carbocycles. The predicted molar refractivity (Wildman–Crippen MR) is 69.6 cm³/mol. The Balaban J connectivity index is 1.78. The zero-order valence-electron chi connectivity index (χ0n) is 9.67. The van der Waals surface area contributed by atoms with Crippen LogP contribution in [0.15, 0.2) is 16.6 Å². The first kappa shape index (κ1) is 11.4. The van der Waals surface area contributed by atoms with Gasteiger partial charge in [0.25, 0.3) is 0 Å². The van der Waals surface area contributed by atoms with Gasteiger partial charge in [0.2, 0.25) is 6.79 Å². The van der Waals surface area contributed by atoms with Gasteiger partial charge in [-0.2, -0.15) is 0 Å². The number of hydrogen-bond donors (Lipinski definition) is 1. The van der Waals surface area contributed by atoms with E-state index >= 15 is 0 Å². The third-order valence-corrected chi connectivity index (χ3v) is 4.31. The summed E-state index contributed by atoms with van der Waals surface area (Å²) in [6.07, 6.45) is 4.96. The highest BCUT2D eigenvalue weighted by Crippen LogP contribution is 2.41. The monoisotopic (exact) mass is 297 g/mol. The van der Waals surface area contributed by atoms with Crippen LogP contribution >= 0.6 is 15.9 Å². The van der Waals surface area contributed by atoms with Gasteiger partial charge < -0.3 is 14.8 Å². The van der Waals surface area contributed by atoms with Crippen LogP contribution in [0.4, 0.5) is 0 Å². The third-order valence-electron chi connectivity index (χ3n) is 3.44. The molecule has 3 rings (SSSR count). The van der Waals surface area contributed by atoms with E-state index in [-0.39, 0.29) is 0 Å². The first-order valence-corrected chi connectivity index (χ1v) is 6.94. The number of ether oxygens (including phenoxy) is 2. The van der Waals surface area contributed by atoms with E-state index in [1.807, 2.05) is 6.07 Å². The van der Waals surface area contributed by atoms with Gasteiger partial charge in [0.1, 0.15) is 0 Å². The molecule has 2 heterocycles. The Morgan fingerprint density at radius 3 is 3.06 bits per heavy atom. The number of nitrogens with one attached hydrogen (secondary N) is 1. The van der Waals surface area contributed by atoms with Crippen LogP contribution in [-0.4, -0.2) is 19.4 Å². The molecule has 0 aromatic heterocycles. The van der Waals surface area contributed by atoms with Crippen LogP contribution in [0.2, 0.25) is 0 Å². The number of fused-ring (bicyclic) bond motifs is 1. The zero-order valence-corrected chi connectivity index (χ0v) is 11.3. The molecule has 2 aliphatic heterocycles. The quantitative estimate of drug-likeness (QED) is 0.910. The average Bonchev–Trinajstić information content (AvgIpc) is 2.83. The van der Waals surface area contributed by atoms with Crippen molar-refractivity contribution < 1.29 is 9.47 Å². The topological polar surface area (TPSA) is 30.5 Å². The Kier molecular flexibility index (Phi) is 3.25. The summed E-state index contributed by atoms with van der Waals surface area (Å²) in [5, 5.41) is 3.57. The molecule has 0 saturated carbocycles. The molecular weight excluding hydrogens is 282 g/mol. The van der Waals surface area contributed by atoms with Crippen LogP contribution < -0.4 is 14.8 Å². The van der Waals surface area contributed by atoms with Gasteiger partial charge in [-0.25, -0.2) is 0 Å². The van der Waals surface area contributed by atoms with Gasteiger partial charge in [0.15, 0.2) is 11.5 Å². The van der Waals surface area contributed by atoms with Crippen molar-refractivity contribution in [3.05, 3.63) is 22.2 Å². The molecule has 1 unspecified atom stereocenters. The van der Waals surface area contributed by atoms with E-state index in [2.05, 4.69) is 27.3 Å². The van der Waals surface area contributed by atoms with Crippen LogP contribution in [0.5, 0.6) is 11.5 Å². The van der Waals surface area contributed by atoms with E-state index in [9.17, 15) is 0 Å². The summed E-state index contributed by atoms with van der Waals surface area (Å²) >= 11 is 3.63. The van der Waals surface area contributed by atoms with Gasteiger partial charge in [-0.1, -0.05) is 12.5 Å². The van der Waals surface area contributed by atoms with Crippen LogP contribution in [0, 0.1) is 0 Å². The highest BCUT2D eigenvalue weighted by Gasteiger charge is 2.21. The highest BCUT2D eigenvalue weighted by atomic mass is 79.9. The van der Waals surface area contributed by atoms with Gasteiger partial charge in [-0.05, 0) is 53.4 Å². The van der Waals surface area contributed by atoms with Crippen LogP contribution in [0.25, 0.3) is 0 Å². The molecule has 1 N–H and O–H groups in total. The lowest BCUT2D eigenvalue weighted by Gasteiger charge is -2.24. The fourth-order valence-electron chi connectivity index (χ4n) is 2.50. The molecule has 0 spiro atoms. The van der Waals surface area contributed by atoms with Crippen molar-refractivity contribution >= 4 is 15.9 Å². The number of hydrogen-bond acceptors (Lipinski definition) is 3. The maximum absolute atomic E-state index is 5.47. The largest absolute Gasteiger partial charge is 0.454 e. The van der Waals surface area contributed by atoms with E-state index in [0.29, 0.717) is 12.8 Å². The van der Waals surface area contributed by atoms with E-state index in [4.69, 9.17) is 9.47 Å². The number of benzene rings is 1. The van der Waals surface area contributed by atoms with Crippen molar-refractivity contribution in [1.29, 1.82) is 0 Å². The van der Waals surface area contributed by atoms with Crippen LogP contribution in [0.3, 0.4) is 0 Å². The molecule has 3 nitrogen and oxygen atoms in total. The van der Waals surface area contributed by atoms with Crippen molar-refractivity contribution in [3.8, 4) is 11.5 Å². The first-order chi connectivity index (χ1) is 8.34. The lowest BCUT2D eigenvalue weighted by molar-refractivity contribution is 0.173. The maximum atomic E-state index is 5.47. The summed E-state index contributed by atoms with van der Waals surface area (Å²) in [5.74, 6) is 1.70. The molecule has 1 atom stereocenters. The molecule has 0 aliphatic carbocycles. The van der Waals surface area contributed by atoms with Crippen molar-refractivity contribution in [2.45, 2.75) is 31.7 Å². The van der Waals surface area contributed by atoms with Crippen molar-refractivity contribution in [2.75, 3.05) is 13.3 Å². The minimum absolute atomic E-state index is 0.332. The molecule has 2 aliphatic rings. The van der Waals surface area contributed by atoms with Gasteiger partial charge in [0.05, 0.1) is 4.47 Å². The molecule has 1 fully saturated rings. The highest BCUT2D eigenvalue weighted by molar-refractivity contribution is 9.10. The summed E-state index contributed by atoms with van der Waals surface area (Å²) in [4.78, 5) is 0. The third kappa shape index (κ3) is 2.29. The Labute approximate surface area is 110 Å². The van der Waals surface area contributed by atoms with Crippen molar-refractivity contribution in [2.24, 2.45) is 0 Å². The fraction of sp³-hybridized carbons (Fsp3) is 0.538. The van der Waals surface area contributed by atoms with E-state index in [1.165, 1.54) is 24.8 Å². The smallest absolute Gasteiger partial charge is 0.231 e. The summed E-state index contributed by atoms with van der Waals surface area (Å²) in [6, 6.07) is 4.74. The van der Waals surface area contributed by atoms with Crippen LogP contribution in [-0.2, 0) is 6.42 Å². The Hall–Kier alpha value is -0.740. The Morgan fingerprint density at radius 1 is 1.29 bits per heavy atom. The average molecular weight is 298 g/mol. The summed E-state index contributed by atoms with van der Waals surface area (Å²) in [6.45, 7) is 1.48. The second-order valence-electron chi connectivity index (χ2n) is 4.62. The second kappa shape index (κ2) is 4.86. The minimum atomic E-state index is 0.332. The molecule has 0 radical (unpaired) electrons. The van der Waals surface area contributed by atoms with E-state index in [0.717, 1.165) is 28.9 Å². The first-order valence-electron chi connectivity index (χ1n) is 6.15. The van der Waals surface area contributed by atoms with E-state index in [1.54, 1.807) is 0 Å². The number of halogens is 1. The molecule has 0 bridgehead atoms. The number of rotatable bonds is 2. The molecule has 17 heavy (non-hydrogen) atoms. The Bertz CT molecular complexity index is 416. The standard InChI is InChI=1S/C13H16BrNO2/c14-12-9(7-10-3-1-2-6-15-10)4-5-11-13(12)17-8-16-11/h4-5,10,15H,1-3,6-8H2. The SMILES string of the molecule is Brc1c(CC2CCCCN2)ccc2c1OCO2. The molecular formula is C13H16BrNO2. The van der Waals surface area contributed by atoms with Gasteiger partial charge in [-0.3, -0.25) is 0 Å². The summed E-state index contributed by atoms with van der Waals surface area (Å²) in [7, 11) is 0.